The Hall–Kier alpha value is -6.55. The first-order valence-electron chi connectivity index (χ1n) is 23.6. The fourth-order valence-corrected chi connectivity index (χ4v) is 11.5. The summed E-state index contributed by atoms with van der Waals surface area (Å²) in [6, 6.07) is 55.2. The number of nitrogens with zero attached hydrogens (tertiary/aromatic N) is 4. The van der Waals surface area contributed by atoms with Crippen LogP contribution < -0.4 is 4.74 Å². The zero-order valence-electron chi connectivity index (χ0n) is 39.4. The van der Waals surface area contributed by atoms with E-state index in [4.69, 9.17) is 9.72 Å². The number of fused-ring (bicyclic) bond motifs is 3. The first-order valence-corrected chi connectivity index (χ1v) is 24.7. The number of pyridine rings is 2. The second-order valence-electron chi connectivity index (χ2n) is 20.0. The molecule has 4 aromatic heterocycles. The fraction of sp³-hybridized carbons (Fsp3) is 0.213. The average molecular weight is 1060 g/mol. The van der Waals surface area contributed by atoms with Gasteiger partial charge in [0.1, 0.15) is 0 Å². The molecular weight excluding hydrogens is 1000 g/mol. The van der Waals surface area contributed by atoms with Crippen LogP contribution in [-0.4, -0.2) is 18.5 Å². The Balaban J connectivity index is 0.986. The molecule has 0 atom stereocenters. The number of imidazole rings is 1. The van der Waals surface area contributed by atoms with Crippen LogP contribution in [0.1, 0.15) is 84.8 Å². The molecule has 0 unspecified atom stereocenters. The zero-order chi connectivity index (χ0) is 46.2. The summed E-state index contributed by atoms with van der Waals surface area (Å²) in [5.74, 6) is 2.42. The van der Waals surface area contributed by atoms with Gasteiger partial charge >= 0.3 is 261 Å². The van der Waals surface area contributed by atoms with Crippen LogP contribution >= 0.6 is 0 Å². The predicted molar refractivity (Wildman–Crippen MR) is 272 cm³/mol. The van der Waals surface area contributed by atoms with Crippen molar-refractivity contribution >= 4 is 27.3 Å². The van der Waals surface area contributed by atoms with E-state index >= 15 is 0 Å². The molecule has 0 amide bonds. The SMILES string of the molecule is Cc1c2ccc(c1C)CCc1ccc(c3cn(-c4cccc(Oc5ccc6c7ccccc7n(-c7cc(C(C)(C)c8ccccc8)c(-c8ccc(C(C)(C)C)cc8)cn7)c6c5)c4)[c](=[Pt])n13)CC2. The van der Waals surface area contributed by atoms with Gasteiger partial charge in [-0.25, -0.2) is 0 Å². The molecule has 2 aliphatic carbocycles. The van der Waals surface area contributed by atoms with Gasteiger partial charge in [-0.1, -0.05) is 101 Å². The molecule has 2 aliphatic heterocycles. The van der Waals surface area contributed by atoms with E-state index in [2.05, 4.69) is 245 Å². The number of aromatic nitrogens is 4. The third-order valence-electron chi connectivity index (χ3n) is 14.6. The zero-order valence-corrected chi connectivity index (χ0v) is 41.7. The van der Waals surface area contributed by atoms with Crippen LogP contribution in [0.15, 0.2) is 164 Å². The van der Waals surface area contributed by atoms with Gasteiger partial charge in [0.2, 0.25) is 0 Å². The van der Waals surface area contributed by atoms with Crippen molar-refractivity contribution < 1.29 is 24.1 Å². The molecule has 6 heterocycles. The molecular formula is C61H56N4OPt. The van der Waals surface area contributed by atoms with Gasteiger partial charge in [0.05, 0.1) is 0 Å². The second-order valence-corrected chi connectivity index (χ2v) is 21.0. The molecule has 14 rings (SSSR count). The number of aryl methyl sites for hydroxylation is 4. The molecule has 0 radical (unpaired) electrons. The average Bonchev–Trinajstić information content (AvgIpc) is 3.86. The maximum atomic E-state index is 6.83. The van der Waals surface area contributed by atoms with Gasteiger partial charge in [0.15, 0.2) is 0 Å². The van der Waals surface area contributed by atoms with E-state index in [1.807, 2.05) is 0 Å². The van der Waals surface area contributed by atoms with Gasteiger partial charge in [-0.2, -0.15) is 0 Å². The van der Waals surface area contributed by atoms with Crippen LogP contribution in [0, 0.1) is 17.7 Å². The Kier molecular flexibility index (Phi) is 10.7. The summed E-state index contributed by atoms with van der Waals surface area (Å²) >= 11 is 2.51. The van der Waals surface area contributed by atoms with Gasteiger partial charge in [-0.3, -0.25) is 0 Å². The molecule has 4 bridgehead atoms. The topological polar surface area (TPSA) is 36.4 Å². The van der Waals surface area contributed by atoms with Crippen LogP contribution in [0.4, 0.5) is 0 Å². The van der Waals surface area contributed by atoms with Gasteiger partial charge in [-0.05, 0) is 27.7 Å². The summed E-state index contributed by atoms with van der Waals surface area (Å²) in [6.45, 7) is 16.0. The number of benzene rings is 6. The Morgan fingerprint density at radius 3 is 2.00 bits per heavy atom. The summed E-state index contributed by atoms with van der Waals surface area (Å²) in [4.78, 5) is 5.30. The molecule has 0 spiro atoms. The van der Waals surface area contributed by atoms with E-state index < -0.39 is 0 Å². The molecule has 10 aromatic rings. The van der Waals surface area contributed by atoms with Crippen molar-refractivity contribution in [2.45, 2.75) is 85.0 Å². The molecule has 6 heteroatoms. The molecule has 0 N–H and O–H groups in total. The summed E-state index contributed by atoms with van der Waals surface area (Å²) in [5.41, 5.74) is 18.8. The van der Waals surface area contributed by atoms with Crippen molar-refractivity contribution in [2.24, 2.45) is 0 Å². The first-order chi connectivity index (χ1) is 32.3. The molecule has 67 heavy (non-hydrogen) atoms. The van der Waals surface area contributed by atoms with Crippen LogP contribution in [0.25, 0.3) is 50.0 Å². The van der Waals surface area contributed by atoms with Crippen molar-refractivity contribution in [3.8, 4) is 34.1 Å². The monoisotopic (exact) mass is 1060 g/mol. The molecule has 0 saturated heterocycles. The molecule has 0 fully saturated rings. The Bertz CT molecular complexity index is 3600. The molecule has 4 aliphatic rings. The van der Waals surface area contributed by atoms with Crippen LogP contribution in [0.5, 0.6) is 11.5 Å². The number of hydrogen-bond donors (Lipinski definition) is 0. The maximum absolute atomic E-state index is 6.83. The Morgan fingerprint density at radius 2 is 1.24 bits per heavy atom. The Labute approximate surface area is 404 Å². The molecule has 0 saturated carbocycles. The minimum absolute atomic E-state index is 0.0658. The third kappa shape index (κ3) is 7.62. The van der Waals surface area contributed by atoms with Crippen molar-refractivity contribution in [2.75, 3.05) is 0 Å². The van der Waals surface area contributed by atoms with E-state index in [1.165, 1.54) is 61.1 Å². The number of hydrogen-bond acceptors (Lipinski definition) is 2. The van der Waals surface area contributed by atoms with Crippen LogP contribution in [0.3, 0.4) is 0 Å². The fourth-order valence-electron chi connectivity index (χ4n) is 10.4. The van der Waals surface area contributed by atoms with Gasteiger partial charge in [-0.15, -0.1) is 0 Å². The quantitative estimate of drug-likeness (QED) is 0.159. The third-order valence-corrected chi connectivity index (χ3v) is 15.6. The van der Waals surface area contributed by atoms with E-state index in [0.717, 1.165) is 80.0 Å². The van der Waals surface area contributed by atoms with Crippen LogP contribution in [0.2, 0.25) is 0 Å². The van der Waals surface area contributed by atoms with E-state index in [1.54, 1.807) is 0 Å². The summed E-state index contributed by atoms with van der Waals surface area (Å²) in [7, 11) is 0. The molecule has 6 aromatic carbocycles. The summed E-state index contributed by atoms with van der Waals surface area (Å²) in [5, 5.41) is 2.33. The standard InChI is InChI=1S/C61H56N4O.Pt/c1-40-41(2)43-21-20-42(40)22-23-45-27-31-48(30-26-43)64-39-63(38-58(45)64)49-16-13-17-50(34-49)66-51-32-33-53-52-18-11-12-19-56(52)65(57(53)35-51)59-36-55(61(6,7)47-14-9-8-10-15-47)54(37-62-59)44-24-28-46(29-25-44)60(3,4)5;/h8-21,24-25,27-29,31-38H,22-23,26,30H2,1-7H3;. The normalized spacial score (nSPS) is 13.1. The molecule has 5 nitrogen and oxygen atoms in total. The number of para-hydroxylation sites is 1. The van der Waals surface area contributed by atoms with Crippen LogP contribution in [-0.2, 0) is 55.9 Å². The number of ether oxygens (including phenoxy) is 1. The van der Waals surface area contributed by atoms with E-state index in [9.17, 15) is 0 Å². The second kappa shape index (κ2) is 16.6. The van der Waals surface area contributed by atoms with E-state index in [0.29, 0.717) is 0 Å². The predicted octanol–water partition coefficient (Wildman–Crippen LogP) is 14.9. The van der Waals surface area contributed by atoms with Gasteiger partial charge in [0, 0.05) is 17.2 Å². The van der Waals surface area contributed by atoms with Crippen molar-refractivity contribution in [1.82, 2.24) is 18.5 Å². The first kappa shape index (κ1) is 43.0. The Morgan fingerprint density at radius 1 is 0.567 bits per heavy atom. The van der Waals surface area contributed by atoms with E-state index in [-0.39, 0.29) is 10.8 Å². The summed E-state index contributed by atoms with van der Waals surface area (Å²) in [6.07, 6.45) is 8.41. The summed E-state index contributed by atoms with van der Waals surface area (Å²) < 4.78 is 15.1. The minimum atomic E-state index is -0.321. The van der Waals surface area contributed by atoms with Gasteiger partial charge in [0.25, 0.3) is 0 Å². The van der Waals surface area contributed by atoms with Gasteiger partial charge < -0.3 is 0 Å². The molecule has 336 valence electrons. The number of rotatable bonds is 7. The van der Waals surface area contributed by atoms with Crippen molar-refractivity contribution in [1.29, 1.82) is 0 Å². The van der Waals surface area contributed by atoms with Crippen molar-refractivity contribution in [3.63, 3.8) is 0 Å². The van der Waals surface area contributed by atoms with Crippen molar-refractivity contribution in [3.05, 3.63) is 218 Å².